The second kappa shape index (κ2) is 6.88. The third-order valence-corrected chi connectivity index (χ3v) is 4.47. The van der Waals surface area contributed by atoms with Crippen molar-refractivity contribution in [2.75, 3.05) is 0 Å². The van der Waals surface area contributed by atoms with Crippen molar-refractivity contribution in [1.29, 1.82) is 0 Å². The summed E-state index contributed by atoms with van der Waals surface area (Å²) in [5.74, 6) is 0.387. The molecular weight excluding hydrogens is 340 g/mol. The summed E-state index contributed by atoms with van der Waals surface area (Å²) in [7, 11) is 0. The van der Waals surface area contributed by atoms with Crippen LogP contribution in [-0.2, 0) is 13.1 Å². The predicted molar refractivity (Wildman–Crippen MR) is 99.7 cm³/mol. The van der Waals surface area contributed by atoms with E-state index < -0.39 is 0 Å². The van der Waals surface area contributed by atoms with E-state index in [1.807, 2.05) is 6.92 Å². The number of nitrogens with zero attached hydrogens (tertiary/aromatic N) is 4. The van der Waals surface area contributed by atoms with Gasteiger partial charge in [0.2, 0.25) is 0 Å². The lowest BCUT2D eigenvalue weighted by molar-refractivity contribution is 0.491. The summed E-state index contributed by atoms with van der Waals surface area (Å²) in [4.78, 5) is 30.3. The van der Waals surface area contributed by atoms with Gasteiger partial charge in [0.1, 0.15) is 0 Å². The lowest BCUT2D eigenvalue weighted by atomic mass is 10.1. The maximum absolute atomic E-state index is 13.1. The molecule has 0 aliphatic rings. The van der Waals surface area contributed by atoms with E-state index in [0.717, 1.165) is 6.42 Å². The monoisotopic (exact) mass is 360 g/mol. The van der Waals surface area contributed by atoms with Crippen LogP contribution in [0.3, 0.4) is 0 Å². The van der Waals surface area contributed by atoms with Crippen LogP contribution >= 0.6 is 11.6 Å². The number of hydrogen-bond acceptors (Lipinski definition) is 3. The first-order valence-corrected chi connectivity index (χ1v) is 8.78. The van der Waals surface area contributed by atoms with Crippen LogP contribution in [0.4, 0.5) is 0 Å². The fourth-order valence-corrected chi connectivity index (χ4v) is 3.04. The highest BCUT2D eigenvalue weighted by atomic mass is 35.5. The van der Waals surface area contributed by atoms with Gasteiger partial charge in [0, 0.05) is 18.1 Å². The third-order valence-electron chi connectivity index (χ3n) is 4.24. The Morgan fingerprint density at radius 1 is 1.24 bits per heavy atom. The molecule has 2 aromatic heterocycles. The minimum absolute atomic E-state index is 0.293. The molecule has 0 fully saturated rings. The Kier molecular flexibility index (Phi) is 4.81. The van der Waals surface area contributed by atoms with Crippen molar-refractivity contribution in [3.05, 3.63) is 56.5 Å². The smallest absolute Gasteiger partial charge is 0.325 e. The Balaban J connectivity index is 2.37. The van der Waals surface area contributed by atoms with Crippen molar-refractivity contribution in [2.24, 2.45) is 5.92 Å². The Morgan fingerprint density at radius 3 is 2.64 bits per heavy atom. The third kappa shape index (κ3) is 3.14. The molecule has 1 aromatic carbocycles. The van der Waals surface area contributed by atoms with E-state index in [9.17, 15) is 9.59 Å². The van der Waals surface area contributed by atoms with Crippen LogP contribution in [0.25, 0.3) is 16.9 Å². The van der Waals surface area contributed by atoms with Gasteiger partial charge >= 0.3 is 5.69 Å². The Bertz CT molecular complexity index is 1030. The molecule has 0 aliphatic carbocycles. The van der Waals surface area contributed by atoms with Gasteiger partial charge in [0.05, 0.1) is 12.0 Å². The van der Waals surface area contributed by atoms with Gasteiger partial charge in [0.25, 0.3) is 5.56 Å². The number of imidazole rings is 1. The standard InChI is InChI=1S/C18H21ClN4O2/c1-4-21-11-20-16-15(21)17(24)22(9-8-12(2)3)18(25)23(16)14-7-5-6-13(19)10-14/h5-7,10-12H,4,8-9H2,1-3H3. The normalized spacial score (nSPS) is 11.6. The Hall–Kier alpha value is -2.34. The molecule has 132 valence electrons. The van der Waals surface area contributed by atoms with Gasteiger partial charge < -0.3 is 4.57 Å². The zero-order valence-electron chi connectivity index (χ0n) is 14.6. The van der Waals surface area contributed by atoms with Crippen LogP contribution in [0.15, 0.2) is 40.2 Å². The summed E-state index contributed by atoms with van der Waals surface area (Å²) in [6.45, 7) is 7.04. The molecule has 0 atom stereocenters. The number of benzene rings is 1. The number of aromatic nitrogens is 4. The highest BCUT2D eigenvalue weighted by Gasteiger charge is 2.19. The molecule has 3 rings (SSSR count). The van der Waals surface area contributed by atoms with Crippen LogP contribution in [0.5, 0.6) is 0 Å². The van der Waals surface area contributed by atoms with Crippen molar-refractivity contribution in [3.63, 3.8) is 0 Å². The van der Waals surface area contributed by atoms with E-state index in [4.69, 9.17) is 11.6 Å². The van der Waals surface area contributed by atoms with Crippen LogP contribution in [-0.4, -0.2) is 18.7 Å². The number of hydrogen-bond donors (Lipinski definition) is 0. The summed E-state index contributed by atoms with van der Waals surface area (Å²) in [5.41, 5.74) is 0.716. The van der Waals surface area contributed by atoms with Crippen LogP contribution in [0.2, 0.25) is 5.02 Å². The van der Waals surface area contributed by atoms with Crippen molar-refractivity contribution >= 4 is 22.8 Å². The van der Waals surface area contributed by atoms with Gasteiger partial charge in [-0.15, -0.1) is 0 Å². The zero-order chi connectivity index (χ0) is 18.1. The average Bonchev–Trinajstić information content (AvgIpc) is 2.98. The van der Waals surface area contributed by atoms with Gasteiger partial charge in [-0.05, 0) is 37.5 Å². The molecule has 0 radical (unpaired) electrons. The van der Waals surface area contributed by atoms with Gasteiger partial charge in [0.15, 0.2) is 11.2 Å². The zero-order valence-corrected chi connectivity index (χ0v) is 15.3. The largest absolute Gasteiger partial charge is 0.337 e. The first-order chi connectivity index (χ1) is 11.9. The quantitative estimate of drug-likeness (QED) is 0.702. The minimum Gasteiger partial charge on any atom is -0.325 e. The SMILES string of the molecule is CCn1cnc2c1c(=O)n(CCC(C)C)c(=O)n2-c1cccc(Cl)c1. The molecule has 6 nitrogen and oxygen atoms in total. The van der Waals surface area contributed by atoms with E-state index in [1.54, 1.807) is 35.2 Å². The Labute approximate surface area is 150 Å². The maximum atomic E-state index is 13.1. The lowest BCUT2D eigenvalue weighted by Crippen LogP contribution is -2.40. The molecule has 3 aromatic rings. The molecule has 0 bridgehead atoms. The predicted octanol–water partition coefficient (Wildman–Crippen LogP) is 3.07. The van der Waals surface area contributed by atoms with E-state index in [2.05, 4.69) is 18.8 Å². The van der Waals surface area contributed by atoms with Crippen molar-refractivity contribution in [3.8, 4) is 5.69 Å². The second-order valence-electron chi connectivity index (χ2n) is 6.44. The summed E-state index contributed by atoms with van der Waals surface area (Å²) < 4.78 is 4.54. The molecule has 0 spiro atoms. The van der Waals surface area contributed by atoms with Crippen molar-refractivity contribution in [1.82, 2.24) is 18.7 Å². The van der Waals surface area contributed by atoms with Crippen LogP contribution < -0.4 is 11.2 Å². The fourth-order valence-electron chi connectivity index (χ4n) is 2.85. The molecule has 25 heavy (non-hydrogen) atoms. The Morgan fingerprint density at radius 2 is 2.00 bits per heavy atom. The molecule has 0 saturated carbocycles. The molecule has 0 unspecified atom stereocenters. The van der Waals surface area contributed by atoms with Gasteiger partial charge in [-0.1, -0.05) is 31.5 Å². The van der Waals surface area contributed by atoms with E-state index >= 15 is 0 Å². The van der Waals surface area contributed by atoms with Gasteiger partial charge in [-0.3, -0.25) is 9.36 Å². The summed E-state index contributed by atoms with van der Waals surface area (Å²) >= 11 is 6.10. The molecule has 0 N–H and O–H groups in total. The fraction of sp³-hybridized carbons (Fsp3) is 0.389. The minimum atomic E-state index is -0.387. The lowest BCUT2D eigenvalue weighted by Gasteiger charge is -2.13. The number of aryl methyl sites for hydroxylation is 1. The van der Waals surface area contributed by atoms with Gasteiger partial charge in [-0.2, -0.15) is 0 Å². The highest BCUT2D eigenvalue weighted by molar-refractivity contribution is 6.30. The second-order valence-corrected chi connectivity index (χ2v) is 6.88. The molecule has 7 heteroatoms. The number of fused-ring (bicyclic) bond motifs is 1. The van der Waals surface area contributed by atoms with E-state index in [1.165, 1.54) is 9.13 Å². The highest BCUT2D eigenvalue weighted by Crippen LogP contribution is 2.17. The number of halogens is 1. The van der Waals surface area contributed by atoms with E-state index in [-0.39, 0.29) is 11.2 Å². The van der Waals surface area contributed by atoms with Crippen molar-refractivity contribution < 1.29 is 0 Å². The summed E-state index contributed by atoms with van der Waals surface area (Å²) in [6, 6.07) is 7.00. The van der Waals surface area contributed by atoms with Gasteiger partial charge in [-0.25, -0.2) is 14.3 Å². The summed E-state index contributed by atoms with van der Waals surface area (Å²) in [5, 5.41) is 0.521. The average molecular weight is 361 g/mol. The maximum Gasteiger partial charge on any atom is 0.337 e. The molecule has 0 aliphatic heterocycles. The molecule has 0 saturated heterocycles. The van der Waals surface area contributed by atoms with Crippen LogP contribution in [0, 0.1) is 5.92 Å². The van der Waals surface area contributed by atoms with Crippen LogP contribution in [0.1, 0.15) is 27.2 Å². The van der Waals surface area contributed by atoms with Crippen molar-refractivity contribution in [2.45, 2.75) is 40.3 Å². The number of rotatable bonds is 5. The van der Waals surface area contributed by atoms with E-state index in [0.29, 0.717) is 40.9 Å². The topological polar surface area (TPSA) is 61.8 Å². The molecule has 0 amide bonds. The molecule has 2 heterocycles. The summed E-state index contributed by atoms with van der Waals surface area (Å²) in [6.07, 6.45) is 2.34. The first-order valence-electron chi connectivity index (χ1n) is 8.40. The molecular formula is C18H21ClN4O2. The first kappa shape index (κ1) is 17.5.